The number of carbonyl (C=O) groups excluding carboxylic acids is 1. The van der Waals surface area contributed by atoms with Crippen molar-refractivity contribution in [2.45, 2.75) is 31.9 Å². The van der Waals surface area contributed by atoms with Gasteiger partial charge in [0.25, 0.3) is 5.91 Å². The molecule has 0 spiro atoms. The number of aliphatic hydroxyl groups is 1. The van der Waals surface area contributed by atoms with E-state index in [0.717, 1.165) is 12.8 Å². The molecule has 0 radical (unpaired) electrons. The van der Waals surface area contributed by atoms with Crippen LogP contribution in [-0.4, -0.2) is 23.2 Å². The lowest BCUT2D eigenvalue weighted by Crippen LogP contribution is -2.35. The lowest BCUT2D eigenvalue weighted by atomic mass is 10.0. The number of rotatable bonds is 3. The number of nitriles is 1. The van der Waals surface area contributed by atoms with Crippen molar-refractivity contribution in [3.63, 3.8) is 0 Å². The standard InChI is InChI=1S/C16H18N2O2/c1-9(15-13-6-12(19)7-14(13)15)18-16(20)11-4-2-10(8-17)3-5-11/h2-5,9,12-15,19H,6-7H2,1H3,(H,18,20)/t9-,12-,13+,14-,15-/m1/s1. The molecule has 0 unspecified atom stereocenters. The number of aliphatic hydroxyl groups excluding tert-OH is 1. The Morgan fingerprint density at radius 2 is 1.95 bits per heavy atom. The molecule has 1 aromatic rings. The number of hydrogen-bond acceptors (Lipinski definition) is 3. The minimum atomic E-state index is -0.136. The van der Waals surface area contributed by atoms with Gasteiger partial charge in [0.2, 0.25) is 0 Å². The van der Waals surface area contributed by atoms with Gasteiger partial charge in [-0.15, -0.1) is 0 Å². The zero-order chi connectivity index (χ0) is 14.3. The molecule has 2 aliphatic carbocycles. The molecule has 0 bridgehead atoms. The van der Waals surface area contributed by atoms with E-state index in [2.05, 4.69) is 5.32 Å². The van der Waals surface area contributed by atoms with Crippen LogP contribution in [0.1, 0.15) is 35.7 Å². The zero-order valence-corrected chi connectivity index (χ0v) is 11.4. The average molecular weight is 270 g/mol. The molecular weight excluding hydrogens is 252 g/mol. The van der Waals surface area contributed by atoms with Crippen LogP contribution in [0.15, 0.2) is 24.3 Å². The molecule has 2 N–H and O–H groups in total. The topological polar surface area (TPSA) is 73.1 Å². The van der Waals surface area contributed by atoms with Crippen molar-refractivity contribution >= 4 is 5.91 Å². The van der Waals surface area contributed by atoms with E-state index < -0.39 is 0 Å². The maximum Gasteiger partial charge on any atom is 0.251 e. The molecule has 1 amide bonds. The van der Waals surface area contributed by atoms with Gasteiger partial charge >= 0.3 is 0 Å². The molecule has 2 saturated carbocycles. The predicted molar refractivity (Wildman–Crippen MR) is 73.8 cm³/mol. The highest BCUT2D eigenvalue weighted by Crippen LogP contribution is 2.58. The van der Waals surface area contributed by atoms with E-state index >= 15 is 0 Å². The highest BCUT2D eigenvalue weighted by Gasteiger charge is 2.57. The third kappa shape index (κ3) is 2.30. The van der Waals surface area contributed by atoms with Gasteiger partial charge in [-0.1, -0.05) is 0 Å². The van der Waals surface area contributed by atoms with Crippen LogP contribution >= 0.6 is 0 Å². The Balaban J connectivity index is 1.58. The summed E-state index contributed by atoms with van der Waals surface area (Å²) < 4.78 is 0. The van der Waals surface area contributed by atoms with Crippen molar-refractivity contribution < 1.29 is 9.90 Å². The van der Waals surface area contributed by atoms with E-state index in [9.17, 15) is 9.90 Å². The van der Waals surface area contributed by atoms with Gasteiger partial charge in [0, 0.05) is 11.6 Å². The molecule has 20 heavy (non-hydrogen) atoms. The number of carbonyl (C=O) groups is 1. The van der Waals surface area contributed by atoms with Crippen molar-refractivity contribution in [1.82, 2.24) is 5.32 Å². The van der Waals surface area contributed by atoms with E-state index in [-0.39, 0.29) is 18.1 Å². The quantitative estimate of drug-likeness (QED) is 0.878. The van der Waals surface area contributed by atoms with Gasteiger partial charge in [-0.3, -0.25) is 4.79 Å². The van der Waals surface area contributed by atoms with E-state index in [1.54, 1.807) is 24.3 Å². The summed E-state index contributed by atoms with van der Waals surface area (Å²) in [7, 11) is 0. The monoisotopic (exact) mass is 270 g/mol. The van der Waals surface area contributed by atoms with Crippen molar-refractivity contribution in [2.24, 2.45) is 17.8 Å². The summed E-state index contributed by atoms with van der Waals surface area (Å²) in [6, 6.07) is 8.84. The molecule has 0 saturated heterocycles. The van der Waals surface area contributed by atoms with Gasteiger partial charge in [-0.05, 0) is 61.8 Å². The molecule has 0 aliphatic heterocycles. The van der Waals surface area contributed by atoms with Crippen LogP contribution in [0.2, 0.25) is 0 Å². The first-order chi connectivity index (χ1) is 9.60. The van der Waals surface area contributed by atoms with Gasteiger partial charge in [0.15, 0.2) is 0 Å². The van der Waals surface area contributed by atoms with Gasteiger partial charge in [0.05, 0.1) is 17.7 Å². The summed E-state index contributed by atoms with van der Waals surface area (Å²) >= 11 is 0. The maximum atomic E-state index is 12.1. The molecule has 104 valence electrons. The van der Waals surface area contributed by atoms with Gasteiger partial charge in [0.1, 0.15) is 0 Å². The Morgan fingerprint density at radius 1 is 1.35 bits per heavy atom. The molecule has 4 heteroatoms. The van der Waals surface area contributed by atoms with E-state index in [4.69, 9.17) is 5.26 Å². The Labute approximate surface area is 118 Å². The second kappa shape index (κ2) is 4.92. The predicted octanol–water partition coefficient (Wildman–Crippen LogP) is 1.69. The fourth-order valence-electron chi connectivity index (χ4n) is 3.69. The summed E-state index contributed by atoms with van der Waals surface area (Å²) in [6.45, 7) is 2.04. The lowest BCUT2D eigenvalue weighted by molar-refractivity contribution is 0.0929. The van der Waals surface area contributed by atoms with Crippen LogP contribution in [0.5, 0.6) is 0 Å². The van der Waals surface area contributed by atoms with Crippen molar-refractivity contribution in [1.29, 1.82) is 5.26 Å². The molecule has 4 nitrogen and oxygen atoms in total. The number of amides is 1. The number of nitrogens with one attached hydrogen (secondary N) is 1. The number of fused-ring (bicyclic) bond motifs is 1. The highest BCUT2D eigenvalue weighted by atomic mass is 16.3. The average Bonchev–Trinajstić information content (AvgIpc) is 2.97. The summed E-state index contributed by atoms with van der Waals surface area (Å²) in [4.78, 5) is 12.1. The first kappa shape index (κ1) is 13.1. The molecule has 0 aromatic heterocycles. The third-order valence-electron chi connectivity index (χ3n) is 4.70. The summed E-state index contributed by atoms with van der Waals surface area (Å²) in [5.41, 5.74) is 1.14. The third-order valence-corrected chi connectivity index (χ3v) is 4.70. The molecule has 3 rings (SSSR count). The van der Waals surface area contributed by atoms with Crippen molar-refractivity contribution in [2.75, 3.05) is 0 Å². The number of hydrogen-bond donors (Lipinski definition) is 2. The van der Waals surface area contributed by atoms with Crippen LogP contribution in [0, 0.1) is 29.1 Å². The number of benzene rings is 1. The van der Waals surface area contributed by atoms with Crippen LogP contribution in [0.4, 0.5) is 0 Å². The highest BCUT2D eigenvalue weighted by molar-refractivity contribution is 5.94. The van der Waals surface area contributed by atoms with Crippen molar-refractivity contribution in [3.05, 3.63) is 35.4 Å². The summed E-state index contributed by atoms with van der Waals surface area (Å²) in [5.74, 6) is 1.59. The number of nitrogens with zero attached hydrogens (tertiary/aromatic N) is 1. The van der Waals surface area contributed by atoms with Gasteiger partial charge in [-0.25, -0.2) is 0 Å². The zero-order valence-electron chi connectivity index (χ0n) is 11.4. The van der Waals surface area contributed by atoms with E-state index in [1.165, 1.54) is 0 Å². The van der Waals surface area contributed by atoms with Gasteiger partial charge < -0.3 is 10.4 Å². The Kier molecular flexibility index (Phi) is 3.23. The smallest absolute Gasteiger partial charge is 0.251 e. The second-order valence-electron chi connectivity index (χ2n) is 5.98. The summed E-state index contributed by atoms with van der Waals surface area (Å²) in [5, 5.41) is 21.3. The molecule has 1 aromatic carbocycles. The first-order valence-electron chi connectivity index (χ1n) is 7.09. The van der Waals surface area contributed by atoms with E-state index in [1.807, 2.05) is 13.0 Å². The minimum Gasteiger partial charge on any atom is -0.393 e. The first-order valence-corrected chi connectivity index (χ1v) is 7.09. The van der Waals surface area contributed by atoms with Crippen molar-refractivity contribution in [3.8, 4) is 6.07 Å². The van der Waals surface area contributed by atoms with Crippen LogP contribution < -0.4 is 5.32 Å². The second-order valence-corrected chi connectivity index (χ2v) is 5.98. The Hall–Kier alpha value is -1.86. The Morgan fingerprint density at radius 3 is 2.50 bits per heavy atom. The molecule has 0 heterocycles. The summed E-state index contributed by atoms with van der Waals surface area (Å²) in [6.07, 6.45) is 1.63. The molecule has 2 fully saturated rings. The van der Waals surface area contributed by atoms with Crippen LogP contribution in [-0.2, 0) is 0 Å². The molecule has 2 aliphatic rings. The lowest BCUT2D eigenvalue weighted by Gasteiger charge is -2.17. The fourth-order valence-corrected chi connectivity index (χ4v) is 3.69. The Bertz CT molecular complexity index is 549. The molecular formula is C16H18N2O2. The molecule has 5 atom stereocenters. The van der Waals surface area contributed by atoms with Crippen LogP contribution in [0.25, 0.3) is 0 Å². The SMILES string of the molecule is C[C@@H](NC(=O)c1ccc(C#N)cc1)[C@H]1[C@@H]2C[C@H](O)C[C@@H]21. The minimum absolute atomic E-state index is 0.0903. The largest absolute Gasteiger partial charge is 0.393 e. The van der Waals surface area contributed by atoms with E-state index in [0.29, 0.717) is 28.9 Å². The van der Waals surface area contributed by atoms with Crippen LogP contribution in [0.3, 0.4) is 0 Å². The maximum absolute atomic E-state index is 12.1. The fraction of sp³-hybridized carbons (Fsp3) is 0.500. The normalized spacial score (nSPS) is 32.0. The van der Waals surface area contributed by atoms with Gasteiger partial charge in [-0.2, -0.15) is 5.26 Å².